The quantitative estimate of drug-likeness (QED) is 0.774. The summed E-state index contributed by atoms with van der Waals surface area (Å²) < 4.78 is 33.4. The Balaban J connectivity index is 2.22. The first-order chi connectivity index (χ1) is 12.9. The number of carbonyl (C=O) groups excluding carboxylic acids is 2. The average molecular weight is 378 g/mol. The normalized spacial score (nSPS) is 12.9. The van der Waals surface area contributed by atoms with Crippen LogP contribution >= 0.6 is 0 Å². The summed E-state index contributed by atoms with van der Waals surface area (Å²) in [6.45, 7) is -1.30. The molecular weight excluding hydrogens is 358 g/mol. The largest absolute Gasteiger partial charge is 0.453 e. The third kappa shape index (κ3) is 6.03. The SMILES string of the molecule is COC(=O)NC(=O)[C@@H](C)N[C@H](c1ccccc1)c1ccc(OC(F)F)cc1. The molecule has 0 spiro atoms. The van der Waals surface area contributed by atoms with Crippen molar-refractivity contribution >= 4 is 12.0 Å². The summed E-state index contributed by atoms with van der Waals surface area (Å²) in [5.41, 5.74) is 1.60. The fourth-order valence-corrected chi connectivity index (χ4v) is 2.46. The zero-order chi connectivity index (χ0) is 19.8. The number of carbonyl (C=O) groups is 2. The molecule has 2 amide bonds. The van der Waals surface area contributed by atoms with Crippen molar-refractivity contribution in [1.29, 1.82) is 0 Å². The predicted octanol–water partition coefficient (Wildman–Crippen LogP) is 3.24. The van der Waals surface area contributed by atoms with Gasteiger partial charge in [-0.1, -0.05) is 42.5 Å². The van der Waals surface area contributed by atoms with Crippen molar-refractivity contribution in [2.24, 2.45) is 0 Å². The first kappa shape index (κ1) is 20.3. The molecule has 0 fully saturated rings. The van der Waals surface area contributed by atoms with Gasteiger partial charge in [0.15, 0.2) is 0 Å². The van der Waals surface area contributed by atoms with Crippen molar-refractivity contribution in [1.82, 2.24) is 10.6 Å². The Morgan fingerprint density at radius 1 is 0.963 bits per heavy atom. The molecule has 2 N–H and O–H groups in total. The highest BCUT2D eigenvalue weighted by Crippen LogP contribution is 2.25. The van der Waals surface area contributed by atoms with Crippen LogP contribution in [0.15, 0.2) is 54.6 Å². The van der Waals surface area contributed by atoms with Crippen LogP contribution in [-0.4, -0.2) is 31.8 Å². The van der Waals surface area contributed by atoms with Gasteiger partial charge in [-0.3, -0.25) is 15.4 Å². The van der Waals surface area contributed by atoms with Crippen LogP contribution in [0.3, 0.4) is 0 Å². The molecule has 0 aromatic heterocycles. The standard InChI is InChI=1S/C19H20F2N2O4/c1-12(17(24)23-19(25)26-2)22-16(13-6-4-3-5-7-13)14-8-10-15(11-9-14)27-18(20)21/h3-12,16,18,22H,1-2H3,(H,23,24,25)/t12-,16-/m1/s1. The third-order valence-corrected chi connectivity index (χ3v) is 3.79. The third-order valence-electron chi connectivity index (χ3n) is 3.79. The van der Waals surface area contributed by atoms with Gasteiger partial charge in [-0.25, -0.2) is 4.79 Å². The molecule has 0 unspecified atom stereocenters. The lowest BCUT2D eigenvalue weighted by Crippen LogP contribution is -2.45. The van der Waals surface area contributed by atoms with Gasteiger partial charge in [-0.2, -0.15) is 8.78 Å². The molecule has 0 heterocycles. The second-order valence-corrected chi connectivity index (χ2v) is 5.66. The van der Waals surface area contributed by atoms with E-state index in [9.17, 15) is 18.4 Å². The van der Waals surface area contributed by atoms with E-state index in [1.165, 1.54) is 12.1 Å². The number of halogens is 2. The molecule has 2 aromatic carbocycles. The Labute approximate surface area is 155 Å². The number of hydrogen-bond donors (Lipinski definition) is 2. The summed E-state index contributed by atoms with van der Waals surface area (Å²) >= 11 is 0. The topological polar surface area (TPSA) is 76.7 Å². The second-order valence-electron chi connectivity index (χ2n) is 5.66. The highest BCUT2D eigenvalue weighted by atomic mass is 19.3. The Morgan fingerprint density at radius 3 is 2.11 bits per heavy atom. The molecule has 2 rings (SSSR count). The number of benzene rings is 2. The maximum absolute atomic E-state index is 12.3. The number of ether oxygens (including phenoxy) is 2. The molecule has 0 radical (unpaired) electrons. The van der Waals surface area contributed by atoms with Crippen molar-refractivity contribution in [2.45, 2.75) is 25.6 Å². The van der Waals surface area contributed by atoms with E-state index >= 15 is 0 Å². The minimum absolute atomic E-state index is 0.0389. The van der Waals surface area contributed by atoms with Crippen LogP contribution in [-0.2, 0) is 9.53 Å². The highest BCUT2D eigenvalue weighted by molar-refractivity contribution is 5.94. The molecule has 27 heavy (non-hydrogen) atoms. The van der Waals surface area contributed by atoms with E-state index in [4.69, 9.17) is 0 Å². The Hall–Kier alpha value is -3.00. The first-order valence-corrected chi connectivity index (χ1v) is 8.15. The van der Waals surface area contributed by atoms with Crippen LogP contribution in [0.2, 0.25) is 0 Å². The van der Waals surface area contributed by atoms with Crippen LogP contribution in [0.25, 0.3) is 0 Å². The van der Waals surface area contributed by atoms with Gasteiger partial charge < -0.3 is 9.47 Å². The summed E-state index contributed by atoms with van der Waals surface area (Å²) in [5.74, 6) is -0.516. The fourth-order valence-electron chi connectivity index (χ4n) is 2.46. The van der Waals surface area contributed by atoms with Crippen LogP contribution in [0.4, 0.5) is 13.6 Å². The number of nitrogens with one attached hydrogen (secondary N) is 2. The zero-order valence-corrected chi connectivity index (χ0v) is 14.8. The van der Waals surface area contributed by atoms with E-state index < -0.39 is 30.7 Å². The van der Waals surface area contributed by atoms with Gasteiger partial charge in [-0.15, -0.1) is 0 Å². The number of alkyl carbamates (subject to hydrolysis) is 1. The van der Waals surface area contributed by atoms with Gasteiger partial charge >= 0.3 is 12.7 Å². The molecule has 8 heteroatoms. The molecule has 0 saturated heterocycles. The molecule has 0 aliphatic heterocycles. The lowest BCUT2D eigenvalue weighted by molar-refractivity contribution is -0.122. The van der Waals surface area contributed by atoms with Gasteiger partial charge in [0.2, 0.25) is 5.91 Å². The Morgan fingerprint density at radius 2 is 1.56 bits per heavy atom. The summed E-state index contributed by atoms with van der Waals surface area (Å²) in [4.78, 5) is 23.3. The smallest absolute Gasteiger partial charge is 0.413 e. The summed E-state index contributed by atoms with van der Waals surface area (Å²) in [5, 5.41) is 5.23. The summed E-state index contributed by atoms with van der Waals surface area (Å²) in [7, 11) is 1.16. The number of methoxy groups -OCH3 is 1. The summed E-state index contributed by atoms with van der Waals surface area (Å²) in [6.07, 6.45) is -0.849. The van der Waals surface area contributed by atoms with Gasteiger partial charge in [0.05, 0.1) is 19.2 Å². The molecule has 0 aliphatic carbocycles. The van der Waals surface area contributed by atoms with Crippen LogP contribution < -0.4 is 15.4 Å². The number of imide groups is 1. The van der Waals surface area contributed by atoms with E-state index in [-0.39, 0.29) is 5.75 Å². The van der Waals surface area contributed by atoms with Crippen molar-refractivity contribution in [2.75, 3.05) is 7.11 Å². The summed E-state index contributed by atoms with van der Waals surface area (Å²) in [6, 6.07) is 14.3. The lowest BCUT2D eigenvalue weighted by Gasteiger charge is -2.24. The van der Waals surface area contributed by atoms with Crippen LogP contribution in [0, 0.1) is 0 Å². The fraction of sp³-hybridized carbons (Fsp3) is 0.263. The van der Waals surface area contributed by atoms with Crippen LogP contribution in [0.1, 0.15) is 24.1 Å². The minimum Gasteiger partial charge on any atom is -0.453 e. The van der Waals surface area contributed by atoms with E-state index in [1.54, 1.807) is 19.1 Å². The van der Waals surface area contributed by atoms with E-state index in [1.807, 2.05) is 30.3 Å². The van der Waals surface area contributed by atoms with Crippen molar-refractivity contribution in [3.05, 3.63) is 65.7 Å². The molecule has 0 saturated carbocycles. The predicted molar refractivity (Wildman–Crippen MR) is 94.5 cm³/mol. The minimum atomic E-state index is -2.90. The molecule has 144 valence electrons. The van der Waals surface area contributed by atoms with Crippen molar-refractivity contribution in [3.8, 4) is 5.75 Å². The van der Waals surface area contributed by atoms with Gasteiger partial charge in [-0.05, 0) is 30.2 Å². The van der Waals surface area contributed by atoms with E-state index in [2.05, 4.69) is 20.1 Å². The number of amides is 2. The molecule has 6 nitrogen and oxygen atoms in total. The maximum Gasteiger partial charge on any atom is 0.413 e. The highest BCUT2D eigenvalue weighted by Gasteiger charge is 2.22. The molecule has 2 atom stereocenters. The first-order valence-electron chi connectivity index (χ1n) is 8.15. The van der Waals surface area contributed by atoms with Crippen molar-refractivity contribution in [3.63, 3.8) is 0 Å². The Bertz CT molecular complexity index is 754. The molecule has 0 aliphatic rings. The number of alkyl halides is 2. The molecule has 2 aromatic rings. The van der Waals surface area contributed by atoms with Crippen molar-refractivity contribution < 1.29 is 27.8 Å². The van der Waals surface area contributed by atoms with Crippen LogP contribution in [0.5, 0.6) is 5.75 Å². The number of hydrogen-bond acceptors (Lipinski definition) is 5. The molecular formula is C19H20F2N2O4. The number of rotatable bonds is 7. The monoisotopic (exact) mass is 378 g/mol. The van der Waals surface area contributed by atoms with Gasteiger partial charge in [0.1, 0.15) is 5.75 Å². The van der Waals surface area contributed by atoms with E-state index in [0.717, 1.165) is 18.2 Å². The zero-order valence-electron chi connectivity index (χ0n) is 14.8. The maximum atomic E-state index is 12.3. The molecule has 0 bridgehead atoms. The Kier molecular flexibility index (Phi) is 7.25. The van der Waals surface area contributed by atoms with Gasteiger partial charge in [0, 0.05) is 0 Å². The van der Waals surface area contributed by atoms with E-state index in [0.29, 0.717) is 0 Å². The van der Waals surface area contributed by atoms with Gasteiger partial charge in [0.25, 0.3) is 0 Å². The average Bonchev–Trinajstić information content (AvgIpc) is 2.66. The lowest BCUT2D eigenvalue weighted by atomic mass is 9.97. The second kappa shape index (κ2) is 9.63.